The van der Waals surface area contributed by atoms with Crippen LogP contribution in [-0.4, -0.2) is 34.5 Å². The Bertz CT molecular complexity index is 483. The molecule has 0 unspecified atom stereocenters. The Hall–Kier alpha value is -1.68. The van der Waals surface area contributed by atoms with E-state index in [4.69, 9.17) is 5.11 Å². The lowest BCUT2D eigenvalue weighted by Crippen LogP contribution is -2.42. The second-order valence-electron chi connectivity index (χ2n) is 5.38. The first-order chi connectivity index (χ1) is 9.22. The van der Waals surface area contributed by atoms with Gasteiger partial charge in [-0.3, -0.25) is 14.5 Å². The summed E-state index contributed by atoms with van der Waals surface area (Å²) in [5.41, 5.74) is 1.05. The summed E-state index contributed by atoms with van der Waals surface area (Å²) in [6.45, 7) is 0.203. The fraction of sp³-hybridized carbons (Fsp3) is 0.467. The molecule has 0 radical (unpaired) electrons. The molecule has 2 amide bonds. The maximum atomic E-state index is 12.3. The quantitative estimate of drug-likeness (QED) is 0.824. The largest absolute Gasteiger partial charge is 0.396 e. The van der Waals surface area contributed by atoms with Crippen LogP contribution in [0.25, 0.3) is 0 Å². The van der Waals surface area contributed by atoms with Gasteiger partial charge in [0, 0.05) is 12.6 Å². The second-order valence-corrected chi connectivity index (χ2v) is 5.38. The second kappa shape index (κ2) is 4.78. The van der Waals surface area contributed by atoms with E-state index in [1.807, 2.05) is 0 Å². The molecule has 1 fully saturated rings. The van der Waals surface area contributed by atoms with E-state index < -0.39 is 0 Å². The number of amides is 2. The Balaban J connectivity index is 1.81. The van der Waals surface area contributed by atoms with Gasteiger partial charge in [0.2, 0.25) is 0 Å². The van der Waals surface area contributed by atoms with E-state index >= 15 is 0 Å². The first-order valence-corrected chi connectivity index (χ1v) is 6.80. The van der Waals surface area contributed by atoms with Gasteiger partial charge in [0.1, 0.15) is 0 Å². The summed E-state index contributed by atoms with van der Waals surface area (Å²) in [6, 6.07) is 7.01. The molecule has 3 rings (SSSR count). The predicted octanol–water partition coefficient (Wildman–Crippen LogP) is 1.83. The summed E-state index contributed by atoms with van der Waals surface area (Å²) in [4.78, 5) is 26.1. The Kier molecular flexibility index (Phi) is 3.11. The predicted molar refractivity (Wildman–Crippen MR) is 69.8 cm³/mol. The van der Waals surface area contributed by atoms with Crippen LogP contribution in [-0.2, 0) is 0 Å². The number of rotatable bonds is 2. The number of hydrogen-bond donors (Lipinski definition) is 1. The van der Waals surface area contributed by atoms with Crippen molar-refractivity contribution in [2.45, 2.75) is 31.7 Å². The molecule has 1 aliphatic heterocycles. The van der Waals surface area contributed by atoms with E-state index in [1.165, 1.54) is 4.90 Å². The molecule has 0 aromatic heterocycles. The van der Waals surface area contributed by atoms with E-state index in [-0.39, 0.29) is 24.5 Å². The molecule has 4 heteroatoms. The minimum absolute atomic E-state index is 0.00444. The van der Waals surface area contributed by atoms with Crippen molar-refractivity contribution in [3.8, 4) is 0 Å². The molecule has 1 heterocycles. The molecule has 1 aromatic carbocycles. The molecular weight excluding hydrogens is 242 g/mol. The van der Waals surface area contributed by atoms with Gasteiger partial charge in [0.05, 0.1) is 11.1 Å². The fourth-order valence-corrected chi connectivity index (χ4v) is 3.13. The van der Waals surface area contributed by atoms with Crippen LogP contribution in [0.4, 0.5) is 0 Å². The van der Waals surface area contributed by atoms with Crippen molar-refractivity contribution in [2.75, 3.05) is 6.61 Å². The maximum Gasteiger partial charge on any atom is 0.261 e. The van der Waals surface area contributed by atoms with Crippen molar-refractivity contribution in [3.05, 3.63) is 35.4 Å². The number of hydrogen-bond acceptors (Lipinski definition) is 3. The van der Waals surface area contributed by atoms with Crippen LogP contribution in [0.1, 0.15) is 46.4 Å². The average molecular weight is 259 g/mol. The van der Waals surface area contributed by atoms with E-state index in [0.717, 1.165) is 25.7 Å². The first-order valence-electron chi connectivity index (χ1n) is 6.80. The minimum atomic E-state index is -0.159. The van der Waals surface area contributed by atoms with Gasteiger partial charge in [-0.15, -0.1) is 0 Å². The van der Waals surface area contributed by atoms with Crippen molar-refractivity contribution < 1.29 is 14.7 Å². The third-order valence-electron chi connectivity index (χ3n) is 4.27. The van der Waals surface area contributed by atoms with Crippen molar-refractivity contribution in [3.63, 3.8) is 0 Å². The molecular formula is C15H17NO3. The van der Waals surface area contributed by atoms with Crippen LogP contribution in [0.15, 0.2) is 24.3 Å². The number of aliphatic hydroxyl groups is 1. The summed E-state index contributed by atoms with van der Waals surface area (Å²) < 4.78 is 0. The summed E-state index contributed by atoms with van der Waals surface area (Å²) in [6.07, 6.45) is 3.37. The van der Waals surface area contributed by atoms with Crippen molar-refractivity contribution in [1.29, 1.82) is 0 Å². The number of imide groups is 1. The third-order valence-corrected chi connectivity index (χ3v) is 4.27. The van der Waals surface area contributed by atoms with Gasteiger partial charge >= 0.3 is 0 Å². The first kappa shape index (κ1) is 12.4. The number of carbonyl (C=O) groups excluding carboxylic acids is 2. The molecule has 19 heavy (non-hydrogen) atoms. The number of nitrogens with zero attached hydrogens (tertiary/aromatic N) is 1. The van der Waals surface area contributed by atoms with Crippen LogP contribution < -0.4 is 0 Å². The van der Waals surface area contributed by atoms with Gasteiger partial charge in [-0.1, -0.05) is 12.1 Å². The highest BCUT2D eigenvalue weighted by atomic mass is 16.3. The third kappa shape index (κ3) is 1.96. The molecule has 0 atom stereocenters. The van der Waals surface area contributed by atoms with Crippen molar-refractivity contribution in [2.24, 2.45) is 5.92 Å². The summed E-state index contributed by atoms with van der Waals surface area (Å²) in [5.74, 6) is 0.00697. The lowest BCUT2D eigenvalue weighted by Gasteiger charge is -2.32. The van der Waals surface area contributed by atoms with Gasteiger partial charge in [-0.2, -0.15) is 0 Å². The zero-order valence-electron chi connectivity index (χ0n) is 10.7. The molecule has 0 saturated heterocycles. The number of benzene rings is 1. The zero-order valence-corrected chi connectivity index (χ0v) is 10.7. The van der Waals surface area contributed by atoms with Gasteiger partial charge in [0.25, 0.3) is 11.8 Å². The number of carbonyl (C=O) groups is 2. The summed E-state index contributed by atoms with van der Waals surface area (Å²) >= 11 is 0. The highest BCUT2D eigenvalue weighted by Gasteiger charge is 2.40. The van der Waals surface area contributed by atoms with Crippen molar-refractivity contribution in [1.82, 2.24) is 4.90 Å². The van der Waals surface area contributed by atoms with Gasteiger partial charge < -0.3 is 5.11 Å². The summed E-state index contributed by atoms with van der Waals surface area (Å²) in [7, 11) is 0. The van der Waals surface area contributed by atoms with E-state index in [9.17, 15) is 9.59 Å². The minimum Gasteiger partial charge on any atom is -0.396 e. The van der Waals surface area contributed by atoms with E-state index in [2.05, 4.69) is 0 Å². The molecule has 0 bridgehead atoms. The Morgan fingerprint density at radius 1 is 1.00 bits per heavy atom. The Morgan fingerprint density at radius 2 is 1.53 bits per heavy atom. The van der Waals surface area contributed by atoms with Crippen LogP contribution in [0.5, 0.6) is 0 Å². The SMILES string of the molecule is O=C1c2ccccc2C(=O)N1[C@H]1CC[C@H](CO)CC1. The fourth-order valence-electron chi connectivity index (χ4n) is 3.13. The summed E-state index contributed by atoms with van der Waals surface area (Å²) in [5, 5.41) is 9.14. The van der Waals surface area contributed by atoms with Gasteiger partial charge in [-0.25, -0.2) is 0 Å². The highest BCUT2D eigenvalue weighted by Crippen LogP contribution is 2.32. The number of fused-ring (bicyclic) bond motifs is 1. The molecule has 1 saturated carbocycles. The molecule has 1 aromatic rings. The van der Waals surface area contributed by atoms with Crippen LogP contribution in [0.3, 0.4) is 0 Å². The van der Waals surface area contributed by atoms with Crippen LogP contribution in [0.2, 0.25) is 0 Å². The van der Waals surface area contributed by atoms with Gasteiger partial charge in [-0.05, 0) is 43.7 Å². The smallest absolute Gasteiger partial charge is 0.261 e. The average Bonchev–Trinajstić information content (AvgIpc) is 2.72. The standard InChI is InChI=1S/C15H17NO3/c17-9-10-5-7-11(8-6-10)16-14(18)12-3-1-2-4-13(12)15(16)19/h1-4,10-11,17H,5-9H2/t10-,11-. The molecule has 100 valence electrons. The van der Waals surface area contributed by atoms with E-state index in [0.29, 0.717) is 17.0 Å². The molecule has 2 aliphatic rings. The lowest BCUT2D eigenvalue weighted by atomic mass is 9.86. The van der Waals surface area contributed by atoms with Crippen LogP contribution in [0, 0.1) is 5.92 Å². The monoisotopic (exact) mass is 259 g/mol. The molecule has 1 aliphatic carbocycles. The number of aliphatic hydroxyl groups excluding tert-OH is 1. The maximum absolute atomic E-state index is 12.3. The van der Waals surface area contributed by atoms with Crippen molar-refractivity contribution >= 4 is 11.8 Å². The Labute approximate surface area is 112 Å². The molecule has 1 N–H and O–H groups in total. The molecule has 4 nitrogen and oxygen atoms in total. The molecule has 0 spiro atoms. The topological polar surface area (TPSA) is 57.6 Å². The Morgan fingerprint density at radius 3 is 2.00 bits per heavy atom. The van der Waals surface area contributed by atoms with Gasteiger partial charge in [0.15, 0.2) is 0 Å². The lowest BCUT2D eigenvalue weighted by molar-refractivity contribution is 0.0512. The van der Waals surface area contributed by atoms with E-state index in [1.54, 1.807) is 24.3 Å². The zero-order chi connectivity index (χ0) is 13.4. The normalized spacial score (nSPS) is 26.7. The highest BCUT2D eigenvalue weighted by molar-refractivity contribution is 6.21. The van der Waals surface area contributed by atoms with Crippen LogP contribution >= 0.6 is 0 Å².